The van der Waals surface area contributed by atoms with Gasteiger partial charge >= 0.3 is 0 Å². The first kappa shape index (κ1) is 44.8. The van der Waals surface area contributed by atoms with Gasteiger partial charge in [0.25, 0.3) is 0 Å². The number of aromatic hydroxyl groups is 1. The van der Waals surface area contributed by atoms with Gasteiger partial charge in [0.2, 0.25) is 0 Å². The fourth-order valence-electron chi connectivity index (χ4n) is 8.46. The monoisotopic (exact) mass is 888 g/mol. The minimum Gasteiger partial charge on any atom is -0.508 e. The lowest BCUT2D eigenvalue weighted by Crippen LogP contribution is -2.22. The molecule has 332 valence electrons. The molecule has 0 aliphatic carbocycles. The Morgan fingerprint density at radius 1 is 0.631 bits per heavy atom. The predicted molar refractivity (Wildman–Crippen MR) is 257 cm³/mol. The van der Waals surface area contributed by atoms with Crippen LogP contribution in [0.15, 0.2) is 97.3 Å². The van der Waals surface area contributed by atoms with Crippen molar-refractivity contribution in [2.24, 2.45) is 0 Å². The number of H-pyrrole nitrogens is 2. The van der Waals surface area contributed by atoms with Crippen molar-refractivity contribution >= 4 is 55.2 Å². The van der Waals surface area contributed by atoms with Crippen LogP contribution in [0, 0.1) is 36.5 Å². The molecule has 12 nitrogen and oxygen atoms in total. The number of aromatic amines is 2. The number of fused-ring (bicyclic) bond motifs is 4. The van der Waals surface area contributed by atoms with E-state index < -0.39 is 0 Å². The molecule has 13 heteroatoms. The topological polar surface area (TPSA) is 159 Å². The summed E-state index contributed by atoms with van der Waals surface area (Å²) >= 11 is 6.14. The lowest BCUT2D eigenvalue weighted by molar-refractivity contribution is 0.263. The van der Waals surface area contributed by atoms with E-state index in [4.69, 9.17) is 30.9 Å². The Labute approximate surface area is 383 Å². The number of pyridine rings is 2. The number of aryl methyl sites for hydroxylation is 2. The van der Waals surface area contributed by atoms with Gasteiger partial charge < -0.3 is 39.1 Å². The Morgan fingerprint density at radius 2 is 1.15 bits per heavy atom. The van der Waals surface area contributed by atoms with E-state index in [9.17, 15) is 10.5 Å². The Morgan fingerprint density at radius 3 is 1.74 bits per heavy atom. The van der Waals surface area contributed by atoms with Gasteiger partial charge in [0, 0.05) is 81.6 Å². The maximum Gasteiger partial charge on any atom is 0.139 e. The molecule has 2 aliphatic rings. The molecular weight excluding hydrogens is 836 g/mol. The van der Waals surface area contributed by atoms with E-state index in [2.05, 4.69) is 47.9 Å². The van der Waals surface area contributed by atoms with Crippen LogP contribution < -0.4 is 14.2 Å². The Hall–Kier alpha value is -6.83. The molecule has 2 aliphatic heterocycles. The van der Waals surface area contributed by atoms with Crippen molar-refractivity contribution in [3.05, 3.63) is 125 Å². The molecule has 0 atom stereocenters. The van der Waals surface area contributed by atoms with Crippen molar-refractivity contribution in [2.75, 3.05) is 52.5 Å². The van der Waals surface area contributed by atoms with Gasteiger partial charge in [-0.25, -0.2) is 0 Å². The summed E-state index contributed by atoms with van der Waals surface area (Å²) in [6.07, 6.45) is 10.5. The van der Waals surface area contributed by atoms with Crippen LogP contribution in [0.3, 0.4) is 0 Å². The van der Waals surface area contributed by atoms with E-state index in [1.165, 1.54) is 51.9 Å². The van der Waals surface area contributed by atoms with Crippen LogP contribution in [0.2, 0.25) is 5.02 Å². The van der Waals surface area contributed by atoms with Gasteiger partial charge in [-0.1, -0.05) is 11.6 Å². The number of phenolic OH excluding ortho intramolecular Hbond substituents is 1. The number of rotatable bonds is 12. The Balaban J connectivity index is 0.000000150. The molecule has 0 bridgehead atoms. The van der Waals surface area contributed by atoms with E-state index in [1.807, 2.05) is 62.4 Å². The van der Waals surface area contributed by atoms with Crippen LogP contribution in [0.1, 0.15) is 61.0 Å². The summed E-state index contributed by atoms with van der Waals surface area (Å²) in [7, 11) is 0. The van der Waals surface area contributed by atoms with E-state index in [0.29, 0.717) is 52.4 Å². The zero-order valence-corrected chi connectivity index (χ0v) is 37.6. The molecule has 0 radical (unpaired) electrons. The van der Waals surface area contributed by atoms with Crippen LogP contribution in [0.4, 0.5) is 0 Å². The predicted octanol–water partition coefficient (Wildman–Crippen LogP) is 11.4. The fourth-order valence-corrected chi connectivity index (χ4v) is 8.66. The zero-order chi connectivity index (χ0) is 45.1. The van der Waals surface area contributed by atoms with E-state index in [-0.39, 0.29) is 0 Å². The second-order valence-electron chi connectivity index (χ2n) is 16.6. The highest BCUT2D eigenvalue weighted by Gasteiger charge is 2.15. The number of nitrogens with one attached hydrogen (secondary N) is 2. The number of halogens is 1. The van der Waals surface area contributed by atoms with Gasteiger partial charge in [0.1, 0.15) is 40.9 Å². The van der Waals surface area contributed by atoms with Crippen molar-refractivity contribution in [3.8, 4) is 40.9 Å². The number of aromatic nitrogens is 4. The highest BCUT2D eigenvalue weighted by Crippen LogP contribution is 2.35. The van der Waals surface area contributed by atoms with E-state index in [0.717, 1.165) is 86.7 Å². The molecule has 2 saturated heterocycles. The molecule has 0 spiro atoms. The number of nitriles is 2. The van der Waals surface area contributed by atoms with Crippen molar-refractivity contribution in [2.45, 2.75) is 52.4 Å². The fraction of sp³-hybridized carbons (Fsp3) is 0.308. The van der Waals surface area contributed by atoms with Gasteiger partial charge in [0.15, 0.2) is 0 Å². The maximum atomic E-state index is 9.71. The molecule has 6 heterocycles. The minimum atomic E-state index is 0.316. The third-order valence-corrected chi connectivity index (χ3v) is 12.0. The second-order valence-corrected chi connectivity index (χ2v) is 17.0. The van der Waals surface area contributed by atoms with Crippen LogP contribution in [0.25, 0.3) is 43.6 Å². The molecule has 0 amide bonds. The summed E-state index contributed by atoms with van der Waals surface area (Å²) < 4.78 is 18.0. The summed E-state index contributed by atoms with van der Waals surface area (Å²) in [5.74, 6) is 2.89. The molecular formula is C52H53ClN8O4. The quantitative estimate of drug-likeness (QED) is 0.101. The molecule has 4 aromatic heterocycles. The first-order valence-electron chi connectivity index (χ1n) is 22.3. The van der Waals surface area contributed by atoms with Gasteiger partial charge in [-0.05, 0) is 151 Å². The smallest absolute Gasteiger partial charge is 0.139 e. The van der Waals surface area contributed by atoms with Gasteiger partial charge in [-0.3, -0.25) is 9.97 Å². The largest absolute Gasteiger partial charge is 0.508 e. The molecule has 4 aromatic carbocycles. The van der Waals surface area contributed by atoms with Crippen molar-refractivity contribution in [3.63, 3.8) is 0 Å². The standard InChI is InChI=1S/C26H26N4O2.C17H18ClN3O.C9H9NO/c1-18-13-19-14-21(5-6-23(19)29-18)32-25-7-8-28-24-16-26(20(17-27)15-22(24)25)31-12-4-11-30-9-2-3-10-30;18-15-4-5-20-16-11-17(13(12-19)10-14(15)16)22-9-3-8-21-6-1-2-7-21;1-6-4-7-5-8(11)2-3-9(7)10-6/h5-8,13-16,29H,2-4,9-12H2,1H3;4-5,10-11H,1-3,6-9H2;2-5,10-11H,1H3. The maximum absolute atomic E-state index is 9.71. The second kappa shape index (κ2) is 21.2. The molecule has 8 aromatic rings. The molecule has 10 rings (SSSR count). The zero-order valence-electron chi connectivity index (χ0n) is 36.9. The molecule has 2 fully saturated rings. The Bertz CT molecular complexity index is 2990. The highest BCUT2D eigenvalue weighted by molar-refractivity contribution is 6.35. The number of nitrogens with zero attached hydrogens (tertiary/aromatic N) is 6. The molecule has 3 N–H and O–H groups in total. The summed E-state index contributed by atoms with van der Waals surface area (Å²) in [4.78, 5) is 20.2. The van der Waals surface area contributed by atoms with Crippen LogP contribution in [-0.2, 0) is 0 Å². The summed E-state index contributed by atoms with van der Waals surface area (Å²) in [5.41, 5.74) is 6.87. The van der Waals surface area contributed by atoms with Crippen molar-refractivity contribution in [1.82, 2.24) is 29.7 Å². The summed E-state index contributed by atoms with van der Waals surface area (Å²) in [6.45, 7) is 12.1. The van der Waals surface area contributed by atoms with Gasteiger partial charge in [-0.2, -0.15) is 10.5 Å². The van der Waals surface area contributed by atoms with Crippen LogP contribution in [0.5, 0.6) is 28.7 Å². The van der Waals surface area contributed by atoms with Gasteiger partial charge in [0.05, 0.1) is 40.4 Å². The highest BCUT2D eigenvalue weighted by atomic mass is 35.5. The molecule has 0 saturated carbocycles. The number of hydrogen-bond acceptors (Lipinski definition) is 10. The number of ether oxygens (including phenoxy) is 3. The van der Waals surface area contributed by atoms with Crippen molar-refractivity contribution < 1.29 is 19.3 Å². The third kappa shape index (κ3) is 11.5. The lowest BCUT2D eigenvalue weighted by Gasteiger charge is -2.15. The number of benzene rings is 4. The van der Waals surface area contributed by atoms with Crippen LogP contribution in [-0.4, -0.2) is 87.3 Å². The van der Waals surface area contributed by atoms with E-state index in [1.54, 1.807) is 42.7 Å². The summed E-state index contributed by atoms with van der Waals surface area (Å²) in [6, 6.07) is 30.6. The first-order chi connectivity index (χ1) is 31.7. The van der Waals surface area contributed by atoms with Gasteiger partial charge in [-0.15, -0.1) is 0 Å². The summed E-state index contributed by atoms with van der Waals surface area (Å²) in [5, 5.41) is 32.5. The SMILES string of the molecule is Cc1cc2cc(O)ccc2[nH]1.Cc1cc2cc(Oc3ccnc4cc(OCCCN5CCCC5)c(C#N)cc34)ccc2[nH]1.N#Cc1cc2c(Cl)ccnc2cc1OCCCN1CCCC1. The molecule has 0 unspecified atom stereocenters. The third-order valence-electron chi connectivity index (χ3n) is 11.7. The average molecular weight is 890 g/mol. The minimum absolute atomic E-state index is 0.316. The normalized spacial score (nSPS) is 13.9. The number of phenols is 1. The molecule has 65 heavy (non-hydrogen) atoms. The van der Waals surface area contributed by atoms with E-state index >= 15 is 0 Å². The lowest BCUT2D eigenvalue weighted by atomic mass is 10.1. The Kier molecular flexibility index (Phi) is 14.6. The van der Waals surface area contributed by atoms with Crippen molar-refractivity contribution in [1.29, 1.82) is 10.5 Å². The van der Waals surface area contributed by atoms with Crippen LogP contribution >= 0.6 is 11.6 Å². The number of likely N-dealkylation sites (tertiary alicyclic amines) is 2. The average Bonchev–Trinajstić information content (AvgIpc) is 4.15. The number of hydrogen-bond donors (Lipinski definition) is 3. The first-order valence-corrected chi connectivity index (χ1v) is 22.7.